The van der Waals surface area contributed by atoms with Crippen molar-refractivity contribution in [2.24, 2.45) is 0 Å². The van der Waals surface area contributed by atoms with Gasteiger partial charge in [0.2, 0.25) is 22.4 Å². The summed E-state index contributed by atoms with van der Waals surface area (Å²) < 4.78 is 4.84. The van der Waals surface area contributed by atoms with E-state index in [1.165, 1.54) is 21.5 Å². The van der Waals surface area contributed by atoms with Crippen molar-refractivity contribution in [1.29, 1.82) is 0 Å². The fourth-order valence-electron chi connectivity index (χ4n) is 7.95. The number of aromatic nitrogens is 2. The van der Waals surface area contributed by atoms with E-state index >= 15 is 0 Å². The summed E-state index contributed by atoms with van der Waals surface area (Å²) >= 11 is 0. The highest BCUT2D eigenvalue weighted by atomic mass is 35.5. The molecule has 0 saturated carbocycles. The van der Waals surface area contributed by atoms with E-state index in [-0.39, 0.29) is 24.8 Å². The standard InChI is InChI=1S/C46H46N8.2ClH/c47-33-13-17-37-39-19-15-35(49)29-43(39)53(45(41(37)27-33)31-9-3-1-4-10-31)25-7-21-51-23-24-52-22-8-26-54-44-30-36(50)16-20-40(44)38-18-14-34(48)28-42(38)46(54)32-11-5-2-6-12-32;;/h1-6,9-20,27-30,49-52H,7-8,21-26,47-48H2;2*1H/p+1. The maximum atomic E-state index is 6.36. The van der Waals surface area contributed by atoms with Gasteiger partial charge in [0.1, 0.15) is 0 Å². The number of aryl methyl sites for hydroxylation is 2. The number of hydrogen-bond donors (Lipinski definition) is 6. The van der Waals surface area contributed by atoms with E-state index in [2.05, 4.69) is 129 Å². The van der Waals surface area contributed by atoms with E-state index < -0.39 is 0 Å². The first-order chi connectivity index (χ1) is 26.5. The maximum Gasteiger partial charge on any atom is 0.220 e. The highest BCUT2D eigenvalue weighted by molar-refractivity contribution is 6.11. The highest BCUT2D eigenvalue weighted by Crippen LogP contribution is 2.35. The summed E-state index contributed by atoms with van der Waals surface area (Å²) in [6.45, 7) is 5.24. The molecule has 0 amide bonds. The number of fused-ring (bicyclic) bond motifs is 6. The summed E-state index contributed by atoms with van der Waals surface area (Å²) in [5, 5.41) is 14.3. The Balaban J connectivity index is 0.00000266. The van der Waals surface area contributed by atoms with Crippen molar-refractivity contribution in [3.63, 3.8) is 0 Å². The Morgan fingerprint density at radius 3 is 1.14 bits per heavy atom. The first kappa shape index (κ1) is 40.0. The molecule has 0 aliphatic rings. The van der Waals surface area contributed by atoms with Gasteiger partial charge in [-0.1, -0.05) is 48.5 Å². The molecule has 8 nitrogen and oxygen atoms in total. The monoisotopic (exact) mass is 783 g/mol. The second-order valence-electron chi connectivity index (χ2n) is 14.1. The van der Waals surface area contributed by atoms with Gasteiger partial charge in [-0.2, -0.15) is 9.13 Å². The SMILES string of the molecule is Cl.Nc1ccc2c(c1)c(-c1ccccc1)[n+](CCCNCCNCCC[n+]1c(-c3ccccc3)c3cc(N)ccc3c3ccc(N)cc31)c1cc(N)ccc21.[Cl-]. The average Bonchev–Trinajstić information content (AvgIpc) is 3.18. The van der Waals surface area contributed by atoms with E-state index in [0.717, 1.165) is 119 Å². The molecule has 286 valence electrons. The molecule has 0 fully saturated rings. The normalized spacial score (nSPS) is 11.2. The van der Waals surface area contributed by atoms with Crippen LogP contribution in [-0.4, -0.2) is 26.2 Å². The predicted molar refractivity (Wildman–Crippen MR) is 234 cm³/mol. The van der Waals surface area contributed by atoms with Gasteiger partial charge in [0, 0.05) is 95.8 Å². The average molecular weight is 785 g/mol. The van der Waals surface area contributed by atoms with Crippen LogP contribution >= 0.6 is 12.4 Å². The van der Waals surface area contributed by atoms with Crippen molar-refractivity contribution in [2.75, 3.05) is 49.1 Å². The van der Waals surface area contributed by atoms with Gasteiger partial charge >= 0.3 is 0 Å². The summed E-state index contributed by atoms with van der Waals surface area (Å²) in [6.07, 6.45) is 1.92. The van der Waals surface area contributed by atoms with Crippen molar-refractivity contribution in [3.05, 3.63) is 133 Å². The zero-order valence-corrected chi connectivity index (χ0v) is 32.9. The Morgan fingerprint density at radius 1 is 0.393 bits per heavy atom. The van der Waals surface area contributed by atoms with Crippen LogP contribution < -0.4 is 55.1 Å². The van der Waals surface area contributed by atoms with Gasteiger partial charge < -0.3 is 46.0 Å². The van der Waals surface area contributed by atoms with Crippen LogP contribution in [0, 0.1) is 0 Å². The molecular weight excluding hydrogens is 735 g/mol. The molecule has 0 spiro atoms. The molecule has 0 unspecified atom stereocenters. The Labute approximate surface area is 340 Å². The number of rotatable bonds is 13. The quantitative estimate of drug-likeness (QED) is 0.0438. The lowest BCUT2D eigenvalue weighted by Crippen LogP contribution is -3.00. The number of nitrogen functional groups attached to an aromatic ring is 4. The van der Waals surface area contributed by atoms with Gasteiger partial charge in [0.25, 0.3) is 0 Å². The lowest BCUT2D eigenvalue weighted by molar-refractivity contribution is -0.659. The fraction of sp³-hybridized carbons (Fsp3) is 0.174. The van der Waals surface area contributed by atoms with Crippen molar-refractivity contribution >= 4 is 78.5 Å². The Kier molecular flexibility index (Phi) is 12.8. The predicted octanol–water partition coefficient (Wildman–Crippen LogP) is 4.62. The van der Waals surface area contributed by atoms with Gasteiger partial charge in [-0.05, 0) is 72.8 Å². The molecule has 0 bridgehead atoms. The van der Waals surface area contributed by atoms with Gasteiger partial charge in [0.15, 0.2) is 13.1 Å². The van der Waals surface area contributed by atoms with Crippen LogP contribution in [0.5, 0.6) is 0 Å². The molecule has 8 rings (SSSR count). The second kappa shape index (κ2) is 17.9. The minimum absolute atomic E-state index is 0. The van der Waals surface area contributed by atoms with Crippen LogP contribution in [0.15, 0.2) is 133 Å². The molecule has 0 aliphatic carbocycles. The molecule has 6 aromatic carbocycles. The largest absolute Gasteiger partial charge is 1.00 e. The summed E-state index contributed by atoms with van der Waals surface area (Å²) in [4.78, 5) is 0. The molecule has 56 heavy (non-hydrogen) atoms. The Hall–Kier alpha value is -5.64. The number of nitrogens with two attached hydrogens (primary N) is 4. The van der Waals surface area contributed by atoms with Crippen LogP contribution in [0.1, 0.15) is 12.8 Å². The van der Waals surface area contributed by atoms with E-state index in [0.29, 0.717) is 0 Å². The highest BCUT2D eigenvalue weighted by Gasteiger charge is 2.25. The molecule has 10 N–H and O–H groups in total. The van der Waals surface area contributed by atoms with Gasteiger partial charge in [-0.25, -0.2) is 0 Å². The lowest BCUT2D eigenvalue weighted by atomic mass is 9.98. The molecule has 10 heteroatoms. The smallest absolute Gasteiger partial charge is 0.220 e. The minimum atomic E-state index is 0. The van der Waals surface area contributed by atoms with Crippen molar-refractivity contribution < 1.29 is 21.5 Å². The van der Waals surface area contributed by atoms with Crippen LogP contribution in [-0.2, 0) is 13.1 Å². The third kappa shape index (κ3) is 8.15. The molecular formula is C46H49Cl2N8+. The Bertz CT molecular complexity index is 2430. The summed E-state index contributed by atoms with van der Waals surface area (Å²) in [5.74, 6) is 0. The lowest BCUT2D eigenvalue weighted by Gasteiger charge is -2.14. The van der Waals surface area contributed by atoms with Gasteiger partial charge in [0.05, 0.1) is 21.5 Å². The van der Waals surface area contributed by atoms with E-state index in [4.69, 9.17) is 22.9 Å². The number of anilines is 4. The first-order valence-electron chi connectivity index (χ1n) is 18.9. The molecule has 8 aromatic rings. The third-order valence-electron chi connectivity index (χ3n) is 10.4. The van der Waals surface area contributed by atoms with Crippen LogP contribution in [0.25, 0.3) is 65.9 Å². The Morgan fingerprint density at radius 2 is 0.750 bits per heavy atom. The molecule has 0 radical (unpaired) electrons. The minimum Gasteiger partial charge on any atom is -1.00 e. The number of hydrogen-bond acceptors (Lipinski definition) is 6. The van der Waals surface area contributed by atoms with E-state index in [9.17, 15) is 0 Å². The second-order valence-corrected chi connectivity index (χ2v) is 14.1. The number of nitrogens with one attached hydrogen (secondary N) is 2. The molecule has 0 atom stereocenters. The molecule has 0 aliphatic heterocycles. The van der Waals surface area contributed by atoms with E-state index in [1.807, 2.05) is 24.3 Å². The topological polar surface area (TPSA) is 136 Å². The number of benzene rings is 6. The summed E-state index contributed by atoms with van der Waals surface area (Å²) in [5.41, 5.74) is 35.3. The molecule has 2 heterocycles. The van der Waals surface area contributed by atoms with Gasteiger partial charge in [-0.15, -0.1) is 12.4 Å². The molecule has 2 aromatic heterocycles. The van der Waals surface area contributed by atoms with Crippen LogP contribution in [0.4, 0.5) is 22.7 Å². The van der Waals surface area contributed by atoms with Crippen LogP contribution in [0.3, 0.4) is 0 Å². The van der Waals surface area contributed by atoms with E-state index in [1.54, 1.807) is 0 Å². The summed E-state index contributed by atoms with van der Waals surface area (Å²) in [6, 6.07) is 46.0. The fourth-order valence-corrected chi connectivity index (χ4v) is 7.95. The third-order valence-corrected chi connectivity index (χ3v) is 10.4. The zero-order chi connectivity index (χ0) is 37.0. The van der Waals surface area contributed by atoms with Crippen molar-refractivity contribution in [3.8, 4) is 22.5 Å². The maximum absolute atomic E-state index is 6.36. The van der Waals surface area contributed by atoms with Crippen molar-refractivity contribution in [1.82, 2.24) is 10.6 Å². The summed E-state index contributed by atoms with van der Waals surface area (Å²) in [7, 11) is 0. The van der Waals surface area contributed by atoms with Crippen LogP contribution in [0.2, 0.25) is 0 Å². The molecule has 0 saturated heterocycles. The number of halogens is 2. The first-order valence-corrected chi connectivity index (χ1v) is 18.9. The zero-order valence-electron chi connectivity index (χ0n) is 31.3. The number of nitrogens with zero attached hydrogens (tertiary/aromatic N) is 2. The number of pyridine rings is 2. The van der Waals surface area contributed by atoms with Gasteiger partial charge in [-0.3, -0.25) is 0 Å². The van der Waals surface area contributed by atoms with Crippen molar-refractivity contribution in [2.45, 2.75) is 25.9 Å².